The maximum absolute atomic E-state index is 6.18. The van der Waals surface area contributed by atoms with Crippen molar-refractivity contribution in [2.24, 2.45) is 0 Å². The molecule has 4 aromatic rings. The summed E-state index contributed by atoms with van der Waals surface area (Å²) in [6, 6.07) is 11.5. The maximum atomic E-state index is 6.18. The molecule has 4 N–H and O–H groups in total. The topological polar surface area (TPSA) is 114 Å². The number of ether oxygens (including phenoxy) is 2. The molecule has 8 heteroatoms. The Morgan fingerprint density at radius 1 is 1.11 bits per heavy atom. The van der Waals surface area contributed by atoms with E-state index in [2.05, 4.69) is 15.0 Å². The zero-order chi connectivity index (χ0) is 19.1. The molecular weight excluding hydrogens is 356 g/mol. The Bertz CT molecular complexity index is 1160. The summed E-state index contributed by atoms with van der Waals surface area (Å²) in [5.74, 6) is 1.73. The van der Waals surface area contributed by atoms with Gasteiger partial charge in [0, 0.05) is 17.6 Å². The lowest BCUT2D eigenvalue weighted by Crippen LogP contribution is -2.18. The largest absolute Gasteiger partial charge is 0.491 e. The molecule has 0 amide bonds. The Labute approximate surface area is 161 Å². The number of fused-ring (bicyclic) bond motifs is 2. The standard InChI is InChI=1S/C20H20N6O2/c21-17-5-2-12-1-3-13(9-16(12)25-17)27-10-14-4-6-18(28-14)26-8-7-15-19(22)23-11-24-20(15)26/h1-3,5,7-9,11,14,18H,4,6,10H2,(H2,21,25)(H2,22,23,24). The van der Waals surface area contributed by atoms with Crippen molar-refractivity contribution in [2.45, 2.75) is 25.2 Å². The van der Waals surface area contributed by atoms with E-state index in [-0.39, 0.29) is 12.3 Å². The highest BCUT2D eigenvalue weighted by atomic mass is 16.6. The van der Waals surface area contributed by atoms with E-state index < -0.39 is 0 Å². The molecule has 0 radical (unpaired) electrons. The van der Waals surface area contributed by atoms with E-state index in [1.165, 1.54) is 6.33 Å². The molecule has 142 valence electrons. The molecule has 4 heterocycles. The number of nitrogen functional groups attached to an aromatic ring is 2. The SMILES string of the molecule is Nc1ccc2ccc(OCC3CCC(n4ccc5c(N)ncnc54)O3)cc2n1. The number of hydrogen-bond donors (Lipinski definition) is 2. The van der Waals surface area contributed by atoms with Gasteiger partial charge in [0.2, 0.25) is 0 Å². The molecule has 28 heavy (non-hydrogen) atoms. The fraction of sp³-hybridized carbons (Fsp3) is 0.250. The van der Waals surface area contributed by atoms with Crippen LogP contribution in [0.25, 0.3) is 21.9 Å². The molecule has 0 spiro atoms. The second-order valence-corrected chi connectivity index (χ2v) is 6.91. The molecule has 1 aliphatic rings. The van der Waals surface area contributed by atoms with Crippen LogP contribution in [-0.2, 0) is 4.74 Å². The minimum atomic E-state index is -0.0848. The summed E-state index contributed by atoms with van der Waals surface area (Å²) >= 11 is 0. The number of nitrogens with two attached hydrogens (primary N) is 2. The predicted molar refractivity (Wildman–Crippen MR) is 107 cm³/mol. The van der Waals surface area contributed by atoms with Crippen molar-refractivity contribution < 1.29 is 9.47 Å². The smallest absolute Gasteiger partial charge is 0.147 e. The van der Waals surface area contributed by atoms with Gasteiger partial charge >= 0.3 is 0 Å². The summed E-state index contributed by atoms with van der Waals surface area (Å²) in [5, 5.41) is 1.87. The molecule has 2 unspecified atom stereocenters. The lowest BCUT2D eigenvalue weighted by Gasteiger charge is -2.16. The van der Waals surface area contributed by atoms with Gasteiger partial charge in [0.1, 0.15) is 42.2 Å². The van der Waals surface area contributed by atoms with Gasteiger partial charge in [-0.2, -0.15) is 0 Å². The third-order valence-electron chi connectivity index (χ3n) is 5.06. The van der Waals surface area contributed by atoms with Crippen LogP contribution in [0.1, 0.15) is 19.1 Å². The summed E-state index contributed by atoms with van der Waals surface area (Å²) in [4.78, 5) is 12.7. The number of rotatable bonds is 4. The molecule has 0 bridgehead atoms. The van der Waals surface area contributed by atoms with Gasteiger partial charge < -0.3 is 25.5 Å². The van der Waals surface area contributed by atoms with Crippen LogP contribution in [0, 0.1) is 0 Å². The lowest BCUT2D eigenvalue weighted by molar-refractivity contribution is -0.0156. The summed E-state index contributed by atoms with van der Waals surface area (Å²) < 4.78 is 14.1. The van der Waals surface area contributed by atoms with E-state index in [1.54, 1.807) is 6.07 Å². The molecule has 1 fully saturated rings. The maximum Gasteiger partial charge on any atom is 0.147 e. The van der Waals surface area contributed by atoms with Gasteiger partial charge in [0.15, 0.2) is 0 Å². The number of pyridine rings is 1. The molecular formula is C20H20N6O2. The molecule has 3 aromatic heterocycles. The second-order valence-electron chi connectivity index (χ2n) is 6.91. The van der Waals surface area contributed by atoms with Crippen molar-refractivity contribution in [3.63, 3.8) is 0 Å². The van der Waals surface area contributed by atoms with E-state index in [1.807, 2.05) is 41.1 Å². The van der Waals surface area contributed by atoms with Crippen LogP contribution in [0.2, 0.25) is 0 Å². The predicted octanol–water partition coefficient (Wildman–Crippen LogP) is 2.90. The van der Waals surface area contributed by atoms with Crippen LogP contribution < -0.4 is 16.2 Å². The van der Waals surface area contributed by atoms with Gasteiger partial charge in [-0.05, 0) is 43.2 Å². The first-order valence-corrected chi connectivity index (χ1v) is 9.19. The highest BCUT2D eigenvalue weighted by Crippen LogP contribution is 2.32. The van der Waals surface area contributed by atoms with Crippen LogP contribution >= 0.6 is 0 Å². The quantitative estimate of drug-likeness (QED) is 0.563. The second kappa shape index (κ2) is 6.65. The summed E-state index contributed by atoms with van der Waals surface area (Å²) in [7, 11) is 0. The minimum Gasteiger partial charge on any atom is -0.491 e. The Morgan fingerprint density at radius 3 is 2.93 bits per heavy atom. The average Bonchev–Trinajstić information content (AvgIpc) is 3.33. The summed E-state index contributed by atoms with van der Waals surface area (Å²) in [5.41, 5.74) is 13.3. The van der Waals surface area contributed by atoms with Gasteiger partial charge in [-0.25, -0.2) is 15.0 Å². The Morgan fingerprint density at radius 2 is 2.00 bits per heavy atom. The fourth-order valence-electron chi connectivity index (χ4n) is 3.63. The molecule has 1 aliphatic heterocycles. The minimum absolute atomic E-state index is 0.00568. The van der Waals surface area contributed by atoms with Gasteiger partial charge in [0.05, 0.1) is 17.0 Å². The molecule has 1 aromatic carbocycles. The first kappa shape index (κ1) is 16.8. The molecule has 5 rings (SSSR count). The van der Waals surface area contributed by atoms with E-state index >= 15 is 0 Å². The number of aromatic nitrogens is 4. The normalized spacial score (nSPS) is 19.4. The molecule has 1 saturated heterocycles. The van der Waals surface area contributed by atoms with Gasteiger partial charge in [-0.3, -0.25) is 0 Å². The third-order valence-corrected chi connectivity index (χ3v) is 5.06. The van der Waals surface area contributed by atoms with Crippen LogP contribution in [-0.4, -0.2) is 32.2 Å². The third kappa shape index (κ3) is 2.97. The Kier molecular flexibility index (Phi) is 3.98. The first-order valence-electron chi connectivity index (χ1n) is 9.19. The van der Waals surface area contributed by atoms with E-state index in [0.717, 1.165) is 40.5 Å². The number of benzene rings is 1. The van der Waals surface area contributed by atoms with Crippen molar-refractivity contribution in [1.29, 1.82) is 0 Å². The van der Waals surface area contributed by atoms with Crippen LogP contribution in [0.3, 0.4) is 0 Å². The fourth-order valence-corrected chi connectivity index (χ4v) is 3.63. The van der Waals surface area contributed by atoms with E-state index in [0.29, 0.717) is 18.2 Å². The first-order chi connectivity index (χ1) is 13.7. The molecule has 0 saturated carbocycles. The van der Waals surface area contributed by atoms with Gasteiger partial charge in [-0.1, -0.05) is 0 Å². The lowest BCUT2D eigenvalue weighted by atomic mass is 10.2. The van der Waals surface area contributed by atoms with Gasteiger partial charge in [0.25, 0.3) is 0 Å². The molecule has 0 aliphatic carbocycles. The highest BCUT2D eigenvalue weighted by molar-refractivity contribution is 5.86. The van der Waals surface area contributed by atoms with Crippen LogP contribution in [0.5, 0.6) is 5.75 Å². The van der Waals surface area contributed by atoms with E-state index in [9.17, 15) is 0 Å². The zero-order valence-corrected chi connectivity index (χ0v) is 15.2. The molecule has 8 nitrogen and oxygen atoms in total. The zero-order valence-electron chi connectivity index (χ0n) is 15.2. The monoisotopic (exact) mass is 376 g/mol. The van der Waals surface area contributed by atoms with Crippen LogP contribution in [0.4, 0.5) is 11.6 Å². The van der Waals surface area contributed by atoms with Crippen LogP contribution in [0.15, 0.2) is 48.9 Å². The summed E-state index contributed by atoms with van der Waals surface area (Å²) in [6.45, 7) is 0.473. The number of nitrogens with zero attached hydrogens (tertiary/aromatic N) is 4. The summed E-state index contributed by atoms with van der Waals surface area (Å²) in [6.07, 6.45) is 5.14. The van der Waals surface area contributed by atoms with E-state index in [4.69, 9.17) is 20.9 Å². The van der Waals surface area contributed by atoms with Crippen molar-refractivity contribution in [1.82, 2.24) is 19.5 Å². The van der Waals surface area contributed by atoms with Crippen molar-refractivity contribution >= 4 is 33.6 Å². The Hall–Kier alpha value is -3.39. The molecule has 2 atom stereocenters. The number of hydrogen-bond acceptors (Lipinski definition) is 7. The Balaban J connectivity index is 1.27. The van der Waals surface area contributed by atoms with Crippen molar-refractivity contribution in [3.8, 4) is 5.75 Å². The van der Waals surface area contributed by atoms with Gasteiger partial charge in [-0.15, -0.1) is 0 Å². The average molecular weight is 376 g/mol. The number of anilines is 2. The van der Waals surface area contributed by atoms with Crippen molar-refractivity contribution in [2.75, 3.05) is 18.1 Å². The highest BCUT2D eigenvalue weighted by Gasteiger charge is 2.28. The van der Waals surface area contributed by atoms with Crippen molar-refractivity contribution in [3.05, 3.63) is 48.9 Å².